The first-order chi connectivity index (χ1) is 13.1. The standard InChI is InChI=1S/C21H18N4O2/c1-14-20(17-9-2-3-10-18(17)23-14)21(24-19-11-4-5-12-22-19)15-7-6-8-16(13-15)25(26)27/h2-13,21,23H,1H3,(H,22,24)/t21-/m1/s1. The molecule has 6 nitrogen and oxygen atoms in total. The zero-order valence-electron chi connectivity index (χ0n) is 14.7. The highest BCUT2D eigenvalue weighted by molar-refractivity contribution is 5.86. The molecule has 0 aliphatic heterocycles. The number of anilines is 1. The number of hydrogen-bond acceptors (Lipinski definition) is 4. The molecule has 2 aromatic carbocycles. The van der Waals surface area contributed by atoms with Crippen LogP contribution in [0, 0.1) is 17.0 Å². The summed E-state index contributed by atoms with van der Waals surface area (Å²) < 4.78 is 0. The van der Waals surface area contributed by atoms with Gasteiger partial charge in [0.05, 0.1) is 11.0 Å². The number of aromatic nitrogens is 2. The lowest BCUT2D eigenvalue weighted by atomic mass is 9.95. The van der Waals surface area contributed by atoms with Crippen molar-refractivity contribution in [1.29, 1.82) is 0 Å². The summed E-state index contributed by atoms with van der Waals surface area (Å²) in [7, 11) is 0. The largest absolute Gasteiger partial charge is 0.359 e. The second-order valence-corrected chi connectivity index (χ2v) is 6.35. The van der Waals surface area contributed by atoms with Gasteiger partial charge in [0.15, 0.2) is 0 Å². The molecule has 0 aliphatic carbocycles. The van der Waals surface area contributed by atoms with E-state index in [2.05, 4.69) is 21.4 Å². The van der Waals surface area contributed by atoms with E-state index in [1.54, 1.807) is 18.3 Å². The molecule has 0 fully saturated rings. The summed E-state index contributed by atoms with van der Waals surface area (Å²) in [5.41, 5.74) is 3.97. The van der Waals surface area contributed by atoms with Crippen molar-refractivity contribution in [2.75, 3.05) is 5.32 Å². The average molecular weight is 358 g/mol. The van der Waals surface area contributed by atoms with Crippen molar-refractivity contribution in [3.8, 4) is 0 Å². The second kappa shape index (κ2) is 6.92. The minimum Gasteiger partial charge on any atom is -0.359 e. The molecule has 2 aromatic heterocycles. The molecule has 2 heterocycles. The lowest BCUT2D eigenvalue weighted by molar-refractivity contribution is -0.384. The monoisotopic (exact) mass is 358 g/mol. The third-order valence-corrected chi connectivity index (χ3v) is 4.60. The Morgan fingerprint density at radius 3 is 2.67 bits per heavy atom. The molecule has 0 saturated heterocycles. The Kier molecular flexibility index (Phi) is 4.30. The van der Waals surface area contributed by atoms with E-state index in [0.717, 1.165) is 27.7 Å². The highest BCUT2D eigenvalue weighted by Gasteiger charge is 2.22. The van der Waals surface area contributed by atoms with Crippen LogP contribution in [0.3, 0.4) is 0 Å². The first-order valence-corrected chi connectivity index (χ1v) is 8.62. The number of non-ortho nitro benzene ring substituents is 1. The second-order valence-electron chi connectivity index (χ2n) is 6.35. The van der Waals surface area contributed by atoms with Crippen molar-refractivity contribution in [3.63, 3.8) is 0 Å². The molecule has 0 saturated carbocycles. The van der Waals surface area contributed by atoms with Crippen LogP contribution >= 0.6 is 0 Å². The van der Waals surface area contributed by atoms with Crippen molar-refractivity contribution < 1.29 is 4.92 Å². The van der Waals surface area contributed by atoms with Crippen LogP contribution in [-0.2, 0) is 0 Å². The van der Waals surface area contributed by atoms with Gasteiger partial charge in [0.1, 0.15) is 5.82 Å². The van der Waals surface area contributed by atoms with Crippen molar-refractivity contribution in [2.24, 2.45) is 0 Å². The Labute approximate surface area is 156 Å². The quantitative estimate of drug-likeness (QED) is 0.389. The van der Waals surface area contributed by atoms with Gasteiger partial charge in [0, 0.05) is 40.5 Å². The fourth-order valence-corrected chi connectivity index (χ4v) is 3.41. The van der Waals surface area contributed by atoms with Crippen LogP contribution in [0.2, 0.25) is 0 Å². The van der Waals surface area contributed by atoms with Crippen LogP contribution in [0.1, 0.15) is 22.9 Å². The summed E-state index contributed by atoms with van der Waals surface area (Å²) in [6, 6.07) is 20.1. The fourth-order valence-electron chi connectivity index (χ4n) is 3.41. The fraction of sp³-hybridized carbons (Fsp3) is 0.0952. The lowest BCUT2D eigenvalue weighted by Crippen LogP contribution is -2.14. The van der Waals surface area contributed by atoms with Crippen LogP contribution < -0.4 is 5.32 Å². The summed E-state index contributed by atoms with van der Waals surface area (Å²) in [6.45, 7) is 2.01. The van der Waals surface area contributed by atoms with Crippen molar-refractivity contribution >= 4 is 22.4 Å². The number of rotatable bonds is 5. The molecule has 4 aromatic rings. The maximum absolute atomic E-state index is 11.3. The molecule has 27 heavy (non-hydrogen) atoms. The van der Waals surface area contributed by atoms with Gasteiger partial charge in [-0.1, -0.05) is 36.4 Å². The van der Waals surface area contributed by atoms with E-state index in [1.807, 2.05) is 49.4 Å². The van der Waals surface area contributed by atoms with E-state index in [1.165, 1.54) is 6.07 Å². The predicted molar refractivity (Wildman–Crippen MR) is 106 cm³/mol. The third-order valence-electron chi connectivity index (χ3n) is 4.60. The molecule has 1 atom stereocenters. The predicted octanol–water partition coefficient (Wildman–Crippen LogP) is 4.98. The minimum absolute atomic E-state index is 0.0674. The molecule has 0 unspecified atom stereocenters. The molecule has 0 amide bonds. The maximum Gasteiger partial charge on any atom is 0.269 e. The number of nitrogens with one attached hydrogen (secondary N) is 2. The van der Waals surface area contributed by atoms with E-state index in [9.17, 15) is 10.1 Å². The minimum atomic E-state index is -0.372. The summed E-state index contributed by atoms with van der Waals surface area (Å²) >= 11 is 0. The molecule has 0 aliphatic rings. The normalized spacial score (nSPS) is 12.0. The molecular formula is C21H18N4O2. The number of nitro benzene ring substituents is 1. The summed E-state index contributed by atoms with van der Waals surface area (Å²) in [5.74, 6) is 0.707. The summed E-state index contributed by atoms with van der Waals surface area (Å²) in [6.07, 6.45) is 1.72. The highest BCUT2D eigenvalue weighted by atomic mass is 16.6. The average Bonchev–Trinajstić information content (AvgIpc) is 3.02. The van der Waals surface area contributed by atoms with Gasteiger partial charge in [-0.15, -0.1) is 0 Å². The molecule has 6 heteroatoms. The number of para-hydroxylation sites is 1. The Bertz CT molecular complexity index is 1110. The molecule has 4 rings (SSSR count). The number of hydrogen-bond donors (Lipinski definition) is 2. The number of nitro groups is 1. The van der Waals surface area contributed by atoms with Gasteiger partial charge < -0.3 is 10.3 Å². The van der Waals surface area contributed by atoms with Crippen LogP contribution in [0.15, 0.2) is 72.9 Å². The van der Waals surface area contributed by atoms with Crippen LogP contribution in [-0.4, -0.2) is 14.9 Å². The summed E-state index contributed by atoms with van der Waals surface area (Å²) in [4.78, 5) is 18.7. The van der Waals surface area contributed by atoms with E-state index in [4.69, 9.17) is 0 Å². The van der Waals surface area contributed by atoms with Gasteiger partial charge in [-0.2, -0.15) is 0 Å². The molecule has 134 valence electrons. The number of benzene rings is 2. The number of nitrogens with zero attached hydrogens (tertiary/aromatic N) is 2. The summed E-state index contributed by atoms with van der Waals surface area (Å²) in [5, 5.41) is 15.8. The zero-order chi connectivity index (χ0) is 18.8. The Morgan fingerprint density at radius 2 is 1.89 bits per heavy atom. The van der Waals surface area contributed by atoms with Gasteiger partial charge in [-0.3, -0.25) is 10.1 Å². The molecule has 0 bridgehead atoms. The number of fused-ring (bicyclic) bond motifs is 1. The van der Waals surface area contributed by atoms with Crippen LogP contribution in [0.25, 0.3) is 10.9 Å². The van der Waals surface area contributed by atoms with Crippen molar-refractivity contribution in [2.45, 2.75) is 13.0 Å². The lowest BCUT2D eigenvalue weighted by Gasteiger charge is -2.21. The number of pyridine rings is 1. The van der Waals surface area contributed by atoms with Crippen LogP contribution in [0.5, 0.6) is 0 Å². The Morgan fingerprint density at radius 1 is 1.07 bits per heavy atom. The zero-order valence-corrected chi connectivity index (χ0v) is 14.7. The molecule has 0 spiro atoms. The van der Waals surface area contributed by atoms with E-state index in [0.29, 0.717) is 5.82 Å². The first-order valence-electron chi connectivity index (χ1n) is 8.62. The molecular weight excluding hydrogens is 340 g/mol. The third kappa shape index (κ3) is 3.25. The highest BCUT2D eigenvalue weighted by Crippen LogP contribution is 2.35. The van der Waals surface area contributed by atoms with Gasteiger partial charge >= 0.3 is 0 Å². The van der Waals surface area contributed by atoms with Crippen molar-refractivity contribution in [3.05, 3.63) is 99.9 Å². The molecule has 0 radical (unpaired) electrons. The number of aryl methyl sites for hydroxylation is 1. The van der Waals surface area contributed by atoms with Gasteiger partial charge in [-0.25, -0.2) is 4.98 Å². The van der Waals surface area contributed by atoms with Crippen LogP contribution in [0.4, 0.5) is 11.5 Å². The maximum atomic E-state index is 11.3. The van der Waals surface area contributed by atoms with Gasteiger partial charge in [-0.05, 0) is 30.7 Å². The van der Waals surface area contributed by atoms with Gasteiger partial charge in [0.25, 0.3) is 5.69 Å². The van der Waals surface area contributed by atoms with E-state index < -0.39 is 0 Å². The first kappa shape index (κ1) is 16.8. The Balaban J connectivity index is 1.89. The topological polar surface area (TPSA) is 83.8 Å². The SMILES string of the molecule is Cc1[nH]c2ccccc2c1[C@H](Nc1ccccn1)c1cccc([N+](=O)[O-])c1. The number of H-pyrrole nitrogens is 1. The smallest absolute Gasteiger partial charge is 0.269 e. The van der Waals surface area contributed by atoms with E-state index in [-0.39, 0.29) is 16.7 Å². The molecule has 2 N–H and O–H groups in total. The van der Waals surface area contributed by atoms with Crippen molar-refractivity contribution in [1.82, 2.24) is 9.97 Å². The number of aromatic amines is 1. The van der Waals surface area contributed by atoms with Gasteiger partial charge in [0.2, 0.25) is 0 Å². The van der Waals surface area contributed by atoms with E-state index >= 15 is 0 Å². The Hall–Kier alpha value is -3.67.